The molecule has 15 heterocycles. The Balaban J connectivity index is 0.000000123. The SMILES string of the molecule is Cc1cccc(CS(=O)(=O)c2[nH]nc3ncc(Br)cc23)c1.O=S(=O)(Cc1cc(N2CCCC2)ccc1F)c1[nH]nc2ncc(Br)cc12.O=S(=O)(Cc1ccccc1)c1[nH]nc2ncc(Br)cc12.O=S(=O)(NCc1cccc(F)c1F)c1[nH]nc2ncc(-c3cccnc3)cc12.O=S(=O)(NCc1cccc(F)c1F)c1[nH]nc2ncccc12.O=S(=O)(Nc1ccccc1)c1[nH]nc2ncc(-c3cccnc3)cc12. The first-order valence-corrected chi connectivity index (χ1v) is 53.8. The summed E-state index contributed by atoms with van der Waals surface area (Å²) >= 11 is 9.86. The Bertz CT molecular complexity index is 8800. The minimum Gasteiger partial charge on any atom is -0.372 e. The van der Waals surface area contributed by atoms with Crippen LogP contribution in [0.15, 0.2) is 312 Å². The third-order valence-corrected chi connectivity index (χ3v) is 31.6. The van der Waals surface area contributed by atoms with Crippen molar-refractivity contribution < 1.29 is 72.5 Å². The van der Waals surface area contributed by atoms with E-state index in [4.69, 9.17) is 0 Å². The molecule has 21 rings (SSSR count). The number of H-pyrrole nitrogens is 6. The summed E-state index contributed by atoms with van der Waals surface area (Å²) in [6.07, 6.45) is 18.2. The molecule has 0 bridgehead atoms. The minimum atomic E-state index is -4.08. The number of sulfonamides is 3. The van der Waals surface area contributed by atoms with Crippen molar-refractivity contribution in [3.05, 3.63) is 344 Å². The maximum Gasteiger partial charge on any atom is 0.279 e. The monoisotopic (exact) mass is 2230 g/mol. The van der Waals surface area contributed by atoms with Crippen molar-refractivity contribution in [3.63, 3.8) is 0 Å². The molecule has 1 fully saturated rings. The fourth-order valence-corrected chi connectivity index (χ4v) is 23.2. The molecule has 0 unspecified atom stereocenters. The molecule has 1 aliphatic rings. The molecule has 36 nitrogen and oxygen atoms in total. The zero-order valence-corrected chi connectivity index (χ0v) is 83.0. The van der Waals surface area contributed by atoms with E-state index in [1.807, 2.05) is 67.6 Å². The number of anilines is 2. The van der Waals surface area contributed by atoms with Crippen molar-refractivity contribution in [2.45, 2.75) is 80.3 Å². The number of pyridine rings is 8. The summed E-state index contributed by atoms with van der Waals surface area (Å²) in [7, 11) is -22.7. The van der Waals surface area contributed by atoms with Gasteiger partial charge in [-0.15, -0.1) is 0 Å². The van der Waals surface area contributed by atoms with E-state index in [0.29, 0.717) is 74.2 Å². The standard InChI is InChI=1S/C18H13F2N5O2S.C17H16BrFN4O2S.C17H13N5O2S.C14H12BrN3O2S.C13H10BrN3O2S.C13H10F2N4O2S/c19-15-5-1-3-12(16(15)20)10-23-28(26,27)18-14-7-13(9-22-17(14)24-25-18)11-4-2-6-21-8-11;18-12-8-14-16(20-9-12)21-22-17(14)26(24,25)10-11-7-13(3-4-15(11)19)23-5-1-2-6-23;23-25(24,22-14-6-2-1-3-7-14)17-15-9-13(11-19-16(15)20-21-17)12-5-4-8-18-10-12;1-9-3-2-4-10(5-9)8-21(19,20)14-12-6-11(15)7-16-13(12)17-18-14;14-10-6-11-12(15-7-10)16-17-13(11)20(18,19)8-9-4-2-1-3-5-9;14-10-5-1-3-8(11(10)15)7-17-22(20,21)13-9-4-2-6-16-12(9)18-19-13/h1-9,23H,10H2,(H,22,24,25);3-4,7-9H,1-2,5-6,10H2,(H,20,21,22);1-11,22H,(H,19,20,21);2-7H,8H2,1H3,(H,16,17,18);1-7H,8H2,(H,15,16,17);1-6,17H,7H2,(H,16,18,19). The fourth-order valence-electron chi connectivity index (χ4n) is 14.5. The van der Waals surface area contributed by atoms with Gasteiger partial charge < -0.3 is 4.90 Å². The normalized spacial score (nSPS) is 12.4. The molecule has 9 N–H and O–H groups in total. The summed E-state index contributed by atoms with van der Waals surface area (Å²) < 4.78 is 228. The van der Waals surface area contributed by atoms with Crippen molar-refractivity contribution in [1.29, 1.82) is 0 Å². The molecule has 14 aromatic heterocycles. The lowest BCUT2D eigenvalue weighted by molar-refractivity contribution is 0.496. The lowest BCUT2D eigenvalue weighted by Gasteiger charge is -2.18. The molecule has 0 saturated carbocycles. The fraction of sp³-hybridized carbons (Fsp3) is 0.109. The van der Waals surface area contributed by atoms with Gasteiger partial charge in [0.25, 0.3) is 30.1 Å². The van der Waals surface area contributed by atoms with Crippen LogP contribution >= 0.6 is 47.8 Å². The van der Waals surface area contributed by atoms with Crippen molar-refractivity contribution in [2.24, 2.45) is 0 Å². The molecule has 6 aromatic carbocycles. The van der Waals surface area contributed by atoms with Crippen molar-refractivity contribution in [2.75, 3.05) is 22.7 Å². The number of aromatic amines is 6. The molecule has 50 heteroatoms. The average molecular weight is 2230 g/mol. The van der Waals surface area contributed by atoms with Gasteiger partial charge in [0.15, 0.2) is 117 Å². The Labute approximate surface area is 830 Å². The van der Waals surface area contributed by atoms with Gasteiger partial charge in [-0.25, -0.2) is 103 Å². The minimum absolute atomic E-state index is 0.0235. The van der Waals surface area contributed by atoms with Crippen molar-refractivity contribution >= 4 is 185 Å². The van der Waals surface area contributed by atoms with Gasteiger partial charge in [-0.2, -0.15) is 39.0 Å². The number of halogens is 8. The predicted octanol–water partition coefficient (Wildman–Crippen LogP) is 16.4. The maximum absolute atomic E-state index is 14.3. The van der Waals surface area contributed by atoms with Crippen LogP contribution in [0.4, 0.5) is 33.3 Å². The number of hydrogen-bond acceptors (Lipinski definition) is 27. The first-order chi connectivity index (χ1) is 68.0. The van der Waals surface area contributed by atoms with Gasteiger partial charge in [-0.1, -0.05) is 115 Å². The topological polar surface area (TPSA) is 519 Å². The Kier molecular flexibility index (Phi) is 30.8. The van der Waals surface area contributed by atoms with Gasteiger partial charge in [0.1, 0.15) is 5.82 Å². The lowest BCUT2D eigenvalue weighted by Crippen LogP contribution is -2.24. The van der Waals surface area contributed by atoms with Crippen molar-refractivity contribution in [1.82, 2.24) is 111 Å². The molecule has 726 valence electrons. The van der Waals surface area contributed by atoms with E-state index in [9.17, 15) is 72.5 Å². The van der Waals surface area contributed by atoms with Gasteiger partial charge in [0.05, 0.1) is 49.6 Å². The Morgan fingerprint density at radius 3 is 1.18 bits per heavy atom. The molecular weight excluding hydrogens is 2160 g/mol. The number of aromatic nitrogens is 20. The zero-order valence-electron chi connectivity index (χ0n) is 73.3. The molecule has 0 atom stereocenters. The highest BCUT2D eigenvalue weighted by Gasteiger charge is 2.30. The van der Waals surface area contributed by atoms with Crippen LogP contribution in [0.5, 0.6) is 0 Å². The molecule has 1 saturated heterocycles. The second kappa shape index (κ2) is 43.4. The number of nitrogens with one attached hydrogen (secondary N) is 9. The largest absolute Gasteiger partial charge is 0.372 e. The second-order valence-electron chi connectivity index (χ2n) is 31.2. The molecule has 0 radical (unpaired) electrons. The molecule has 0 aliphatic carbocycles. The van der Waals surface area contributed by atoms with Crippen LogP contribution < -0.4 is 19.1 Å². The van der Waals surface area contributed by atoms with E-state index in [0.717, 1.165) is 77.1 Å². The molecule has 1 aliphatic heterocycles. The van der Waals surface area contributed by atoms with Crippen LogP contribution in [0, 0.1) is 36.0 Å². The van der Waals surface area contributed by atoms with E-state index in [1.165, 1.54) is 36.5 Å². The van der Waals surface area contributed by atoms with E-state index in [1.54, 1.807) is 159 Å². The Morgan fingerprint density at radius 2 is 0.725 bits per heavy atom. The first kappa shape index (κ1) is 101. The molecular formula is C92H74Br3F5N24O12S6. The number of rotatable bonds is 23. The lowest BCUT2D eigenvalue weighted by atomic mass is 10.1. The van der Waals surface area contributed by atoms with E-state index in [-0.39, 0.29) is 81.6 Å². The second-order valence-corrected chi connectivity index (χ2v) is 44.8. The van der Waals surface area contributed by atoms with Gasteiger partial charge in [0.2, 0.25) is 0 Å². The van der Waals surface area contributed by atoms with Crippen molar-refractivity contribution in [3.8, 4) is 22.3 Å². The van der Waals surface area contributed by atoms with Gasteiger partial charge in [-0.3, -0.25) is 45.3 Å². The van der Waals surface area contributed by atoms with Gasteiger partial charge in [-0.05, 0) is 176 Å². The van der Waals surface area contributed by atoms with E-state index >= 15 is 0 Å². The number of hydrogen-bond donors (Lipinski definition) is 9. The Hall–Kier alpha value is -14.4. The van der Waals surface area contributed by atoms with Crippen LogP contribution in [0.25, 0.3) is 88.5 Å². The highest BCUT2D eigenvalue weighted by molar-refractivity contribution is 9.11. The van der Waals surface area contributed by atoms with Crippen LogP contribution in [0.3, 0.4) is 0 Å². The zero-order chi connectivity index (χ0) is 100. The summed E-state index contributed by atoms with van der Waals surface area (Å²) in [6, 6.07) is 55.7. The molecule has 142 heavy (non-hydrogen) atoms. The Morgan fingerprint density at radius 1 is 0.331 bits per heavy atom. The number of benzene rings is 6. The van der Waals surface area contributed by atoms with Crippen LogP contribution in [0.1, 0.15) is 46.2 Å². The quantitative estimate of drug-likeness (QED) is 0.0269. The number of para-hydroxylation sites is 1. The summed E-state index contributed by atoms with van der Waals surface area (Å²) in [5.74, 6) is -5.37. The highest BCUT2D eigenvalue weighted by Crippen LogP contribution is 2.34. The summed E-state index contributed by atoms with van der Waals surface area (Å²) in [4.78, 5) is 34.8. The average Bonchev–Trinajstić information content (AvgIpc) is 1.64. The van der Waals surface area contributed by atoms with E-state index < -0.39 is 101 Å². The van der Waals surface area contributed by atoms with Gasteiger partial charge in [0, 0.05) is 152 Å². The molecule has 0 amide bonds. The first-order valence-electron chi connectivity index (χ1n) is 42.0. The van der Waals surface area contributed by atoms with Gasteiger partial charge >= 0.3 is 0 Å². The predicted molar refractivity (Wildman–Crippen MR) is 529 cm³/mol. The number of nitrogens with zero attached hydrogens (tertiary/aromatic N) is 15. The number of sulfone groups is 3. The highest BCUT2D eigenvalue weighted by atomic mass is 79.9. The summed E-state index contributed by atoms with van der Waals surface area (Å²) in [5.41, 5.74) is 8.70. The third-order valence-electron chi connectivity index (χ3n) is 21.3. The summed E-state index contributed by atoms with van der Waals surface area (Å²) in [5, 5.41) is 40.7. The molecule has 20 aromatic rings. The summed E-state index contributed by atoms with van der Waals surface area (Å²) in [6.45, 7) is 2.95. The molecule has 0 spiro atoms. The maximum atomic E-state index is 14.3. The van der Waals surface area contributed by atoms with Crippen LogP contribution in [-0.4, -0.2) is 165 Å². The third kappa shape index (κ3) is 23.9. The number of aryl methyl sites for hydroxylation is 1. The van der Waals surface area contributed by atoms with Crippen LogP contribution in [-0.2, 0) is 89.9 Å². The smallest absolute Gasteiger partial charge is 0.279 e. The van der Waals surface area contributed by atoms with Crippen LogP contribution in [0.2, 0.25) is 0 Å². The number of fused-ring (bicyclic) bond motifs is 6. The van der Waals surface area contributed by atoms with E-state index in [2.05, 4.69) is 168 Å².